The molecule has 134 valence electrons. The van der Waals surface area contributed by atoms with E-state index in [0.29, 0.717) is 23.7 Å². The maximum Gasteiger partial charge on any atom is 0.203 e. The van der Waals surface area contributed by atoms with Gasteiger partial charge in [0, 0.05) is 5.56 Å². The summed E-state index contributed by atoms with van der Waals surface area (Å²) in [5.41, 5.74) is 2.04. The molecule has 0 radical (unpaired) electrons. The van der Waals surface area contributed by atoms with Gasteiger partial charge in [0.15, 0.2) is 11.5 Å². The van der Waals surface area contributed by atoms with Crippen LogP contribution in [-0.4, -0.2) is 17.5 Å². The van der Waals surface area contributed by atoms with Crippen LogP contribution >= 0.6 is 11.6 Å². The monoisotopic (exact) mass is 369 g/mol. The Bertz CT molecular complexity index is 877. The lowest BCUT2D eigenvalue weighted by Crippen LogP contribution is -2.02. The van der Waals surface area contributed by atoms with Crippen molar-refractivity contribution in [3.8, 4) is 17.6 Å². The van der Waals surface area contributed by atoms with E-state index >= 15 is 0 Å². The predicted molar refractivity (Wildman–Crippen MR) is 103 cm³/mol. The van der Waals surface area contributed by atoms with E-state index in [-0.39, 0.29) is 27.9 Å². The normalized spacial score (nSPS) is 11.3. The summed E-state index contributed by atoms with van der Waals surface area (Å²) in [5.74, 6) is 0.0308. The summed E-state index contributed by atoms with van der Waals surface area (Å²) in [7, 11) is 0. The van der Waals surface area contributed by atoms with Crippen molar-refractivity contribution in [2.24, 2.45) is 0 Å². The molecule has 4 nitrogen and oxygen atoms in total. The van der Waals surface area contributed by atoms with Crippen molar-refractivity contribution in [1.82, 2.24) is 0 Å². The zero-order valence-corrected chi connectivity index (χ0v) is 15.7. The minimum absolute atomic E-state index is 0.0218. The fourth-order valence-corrected chi connectivity index (χ4v) is 2.65. The molecule has 0 amide bonds. The molecule has 5 heteroatoms. The van der Waals surface area contributed by atoms with Crippen molar-refractivity contribution < 1.29 is 14.6 Å². The molecule has 0 aliphatic carbocycles. The van der Waals surface area contributed by atoms with Gasteiger partial charge in [0.2, 0.25) is 5.78 Å². The van der Waals surface area contributed by atoms with E-state index in [1.165, 1.54) is 18.2 Å². The Morgan fingerprint density at radius 3 is 2.50 bits per heavy atom. The average molecular weight is 370 g/mol. The highest BCUT2D eigenvalue weighted by atomic mass is 35.5. The van der Waals surface area contributed by atoms with Crippen LogP contribution < -0.4 is 4.74 Å². The fourth-order valence-electron chi connectivity index (χ4n) is 2.43. The Hall–Kier alpha value is -2.77. The van der Waals surface area contributed by atoms with Crippen LogP contribution in [0.5, 0.6) is 11.5 Å². The number of nitriles is 1. The maximum atomic E-state index is 12.6. The van der Waals surface area contributed by atoms with Crippen LogP contribution in [0.1, 0.15) is 48.2 Å². The zero-order valence-electron chi connectivity index (χ0n) is 14.9. The lowest BCUT2D eigenvalue weighted by atomic mass is 9.97. The molecule has 0 aromatic heterocycles. The number of nitrogens with zero attached hydrogens (tertiary/aromatic N) is 1. The Labute approximate surface area is 158 Å². The van der Waals surface area contributed by atoms with E-state index in [1.807, 2.05) is 18.2 Å². The van der Waals surface area contributed by atoms with Gasteiger partial charge in [0.05, 0.1) is 11.6 Å². The molecule has 0 saturated carbocycles. The van der Waals surface area contributed by atoms with Gasteiger partial charge in [-0.25, -0.2) is 0 Å². The summed E-state index contributed by atoms with van der Waals surface area (Å²) in [6.45, 7) is 6.27. The first-order valence-electron chi connectivity index (χ1n) is 8.29. The molecule has 0 saturated heterocycles. The largest absolute Gasteiger partial charge is 0.503 e. The molecule has 26 heavy (non-hydrogen) atoms. The molecule has 0 aliphatic heterocycles. The number of ketones is 1. The van der Waals surface area contributed by atoms with E-state index in [4.69, 9.17) is 16.3 Å². The van der Waals surface area contributed by atoms with Gasteiger partial charge in [0.1, 0.15) is 11.6 Å². The van der Waals surface area contributed by atoms with Crippen molar-refractivity contribution >= 4 is 23.5 Å². The van der Waals surface area contributed by atoms with Gasteiger partial charge < -0.3 is 9.84 Å². The van der Waals surface area contributed by atoms with Crippen molar-refractivity contribution in [2.45, 2.75) is 26.7 Å². The summed E-state index contributed by atoms with van der Waals surface area (Å²) in [6.07, 6.45) is 1.44. The number of carbonyl (C=O) groups is 1. The minimum atomic E-state index is -0.370. The molecular weight excluding hydrogens is 350 g/mol. The van der Waals surface area contributed by atoms with E-state index in [2.05, 4.69) is 13.8 Å². The summed E-state index contributed by atoms with van der Waals surface area (Å²) in [5, 5.41) is 19.4. The molecule has 2 rings (SSSR count). The summed E-state index contributed by atoms with van der Waals surface area (Å²) in [4.78, 5) is 12.6. The lowest BCUT2D eigenvalue weighted by Gasteiger charge is -2.09. The third-order valence-corrected chi connectivity index (χ3v) is 4.15. The Morgan fingerprint density at radius 1 is 1.31 bits per heavy atom. The average Bonchev–Trinajstić information content (AvgIpc) is 2.63. The van der Waals surface area contributed by atoms with Crippen molar-refractivity contribution in [2.75, 3.05) is 6.61 Å². The molecule has 1 N–H and O–H groups in total. The first kappa shape index (κ1) is 19.6. The number of hydrogen-bond acceptors (Lipinski definition) is 4. The minimum Gasteiger partial charge on any atom is -0.503 e. The summed E-state index contributed by atoms with van der Waals surface area (Å²) < 4.78 is 5.32. The number of carbonyl (C=O) groups excluding carboxylic acids is 1. The van der Waals surface area contributed by atoms with Gasteiger partial charge in [0.25, 0.3) is 0 Å². The second-order valence-electron chi connectivity index (χ2n) is 6.06. The number of halogens is 1. The Balaban J connectivity index is 2.38. The van der Waals surface area contributed by atoms with Crippen molar-refractivity contribution in [1.29, 1.82) is 5.26 Å². The summed E-state index contributed by atoms with van der Waals surface area (Å²) >= 11 is 6.00. The molecule has 0 spiro atoms. The lowest BCUT2D eigenvalue weighted by molar-refractivity contribution is 0.104. The third kappa shape index (κ3) is 4.44. The molecule has 0 bridgehead atoms. The number of allylic oxidation sites excluding steroid dienone is 1. The molecule has 2 aromatic carbocycles. The van der Waals surface area contributed by atoms with Gasteiger partial charge in [-0.15, -0.1) is 0 Å². The Kier molecular flexibility index (Phi) is 6.43. The van der Waals surface area contributed by atoms with Gasteiger partial charge in [-0.3, -0.25) is 4.79 Å². The fraction of sp³-hybridized carbons (Fsp3) is 0.238. The highest BCUT2D eigenvalue weighted by molar-refractivity contribution is 6.32. The number of phenols is 1. The van der Waals surface area contributed by atoms with Crippen LogP contribution in [0.15, 0.2) is 42.0 Å². The van der Waals surface area contributed by atoms with Crippen LogP contribution in [0.25, 0.3) is 6.08 Å². The van der Waals surface area contributed by atoms with Gasteiger partial charge >= 0.3 is 0 Å². The first-order chi connectivity index (χ1) is 12.4. The topological polar surface area (TPSA) is 70.3 Å². The van der Waals surface area contributed by atoms with E-state index in [0.717, 1.165) is 5.56 Å². The number of benzene rings is 2. The number of hydrogen-bond donors (Lipinski definition) is 1. The second kappa shape index (κ2) is 8.55. The van der Waals surface area contributed by atoms with Crippen LogP contribution in [-0.2, 0) is 0 Å². The van der Waals surface area contributed by atoms with Crippen molar-refractivity contribution in [3.63, 3.8) is 0 Å². The van der Waals surface area contributed by atoms with Crippen LogP contribution in [0.3, 0.4) is 0 Å². The summed E-state index contributed by atoms with van der Waals surface area (Å²) in [6, 6.07) is 12.2. The predicted octanol–water partition coefficient (Wildman–Crippen LogP) is 5.36. The molecule has 0 unspecified atom stereocenters. The standard InChI is InChI=1S/C21H20ClNO3/c1-4-26-19-11-14(10-18(22)21(19)25)9-17(12-23)20(24)16-7-5-15(6-8-16)13(2)3/h5-11,13,25H,4H2,1-3H3/b17-9+. The number of aromatic hydroxyl groups is 1. The molecule has 2 aromatic rings. The van der Waals surface area contributed by atoms with Crippen LogP contribution in [0.2, 0.25) is 5.02 Å². The van der Waals surface area contributed by atoms with Gasteiger partial charge in [-0.2, -0.15) is 5.26 Å². The number of phenolic OH excluding ortho intramolecular Hbond substituents is 1. The Morgan fingerprint density at radius 2 is 1.96 bits per heavy atom. The van der Waals surface area contributed by atoms with Crippen molar-refractivity contribution in [3.05, 3.63) is 63.7 Å². The maximum absolute atomic E-state index is 12.6. The van der Waals surface area contributed by atoms with E-state index in [1.54, 1.807) is 19.1 Å². The number of rotatable bonds is 6. The first-order valence-corrected chi connectivity index (χ1v) is 8.66. The highest BCUT2D eigenvalue weighted by Gasteiger charge is 2.14. The van der Waals surface area contributed by atoms with E-state index < -0.39 is 0 Å². The molecule has 0 atom stereocenters. The SMILES string of the molecule is CCOc1cc(/C=C(\C#N)C(=O)c2ccc(C(C)C)cc2)cc(Cl)c1O. The molecule has 0 fully saturated rings. The number of Topliss-reactive ketones (excluding diaryl/α,β-unsaturated/α-hetero) is 1. The molecule has 0 heterocycles. The molecule has 0 aliphatic rings. The van der Waals surface area contributed by atoms with Crippen LogP contribution in [0.4, 0.5) is 0 Å². The highest BCUT2D eigenvalue weighted by Crippen LogP contribution is 2.36. The molecular formula is C21H20ClNO3. The quantitative estimate of drug-likeness (QED) is 0.423. The van der Waals surface area contributed by atoms with Crippen LogP contribution in [0, 0.1) is 11.3 Å². The third-order valence-electron chi connectivity index (χ3n) is 3.87. The smallest absolute Gasteiger partial charge is 0.203 e. The van der Waals surface area contributed by atoms with Gasteiger partial charge in [-0.05, 0) is 42.2 Å². The van der Waals surface area contributed by atoms with E-state index in [9.17, 15) is 15.2 Å². The second-order valence-corrected chi connectivity index (χ2v) is 6.47. The van der Waals surface area contributed by atoms with Gasteiger partial charge in [-0.1, -0.05) is 49.7 Å². The zero-order chi connectivity index (χ0) is 19.3. The number of ether oxygens (including phenoxy) is 1.